The number of phenols is 1. The van der Waals surface area contributed by atoms with Crippen LogP contribution < -0.4 is 9.47 Å². The van der Waals surface area contributed by atoms with Crippen LogP contribution >= 0.6 is 0 Å². The highest BCUT2D eigenvalue weighted by atomic mass is 16.5. The second-order valence-corrected chi connectivity index (χ2v) is 3.37. The largest absolute Gasteiger partial charge is 0.508 e. The molecule has 1 N–H and O–H groups in total. The monoisotopic (exact) mass is 258 g/mol. The van der Waals surface area contributed by atoms with E-state index in [1.807, 2.05) is 0 Å². The minimum atomic E-state index is -0.658. The average molecular weight is 258 g/mol. The van der Waals surface area contributed by atoms with Gasteiger partial charge in [-0.15, -0.1) is 12.8 Å². The van der Waals surface area contributed by atoms with Gasteiger partial charge in [-0.2, -0.15) is 0 Å². The Morgan fingerprint density at radius 3 is 1.79 bits per heavy atom. The predicted octanol–water partition coefficient (Wildman–Crippen LogP) is 1.25. The minimum Gasteiger partial charge on any atom is -0.508 e. The van der Waals surface area contributed by atoms with Crippen molar-refractivity contribution in [2.45, 2.75) is 12.8 Å². The van der Waals surface area contributed by atoms with Gasteiger partial charge >= 0.3 is 11.9 Å². The topological polar surface area (TPSA) is 72.8 Å². The van der Waals surface area contributed by atoms with E-state index in [-0.39, 0.29) is 30.1 Å². The van der Waals surface area contributed by atoms with Crippen molar-refractivity contribution in [2.24, 2.45) is 0 Å². The summed E-state index contributed by atoms with van der Waals surface area (Å²) >= 11 is 0. The standard InChI is InChI=1S/C14H10O5/c1-3-5-13(16)18-11-7-10(15)8-12(9-11)19-14(17)6-4-2/h1-2,7-9,15H,5-6H2. The number of phenolic OH excluding ortho intramolecular Hbond substituents is 1. The molecular weight excluding hydrogens is 248 g/mol. The molecule has 0 atom stereocenters. The zero-order valence-electron chi connectivity index (χ0n) is 9.88. The van der Waals surface area contributed by atoms with Gasteiger partial charge in [-0.25, -0.2) is 0 Å². The van der Waals surface area contributed by atoms with E-state index in [2.05, 4.69) is 11.8 Å². The Hall–Kier alpha value is -2.92. The van der Waals surface area contributed by atoms with Gasteiger partial charge in [0.2, 0.25) is 0 Å². The highest BCUT2D eigenvalue weighted by molar-refractivity contribution is 5.76. The average Bonchev–Trinajstić information content (AvgIpc) is 2.28. The van der Waals surface area contributed by atoms with Gasteiger partial charge in [0.15, 0.2) is 0 Å². The molecule has 1 rings (SSSR count). The molecule has 5 nitrogen and oxygen atoms in total. The lowest BCUT2D eigenvalue weighted by atomic mass is 10.3. The number of aromatic hydroxyl groups is 1. The van der Waals surface area contributed by atoms with Crippen LogP contribution in [0.15, 0.2) is 18.2 Å². The van der Waals surface area contributed by atoms with Gasteiger partial charge in [0.05, 0.1) is 0 Å². The molecule has 0 amide bonds. The number of benzene rings is 1. The lowest BCUT2D eigenvalue weighted by Crippen LogP contribution is -2.08. The molecule has 0 saturated heterocycles. The molecule has 0 aromatic heterocycles. The Morgan fingerprint density at radius 1 is 1.00 bits per heavy atom. The fraction of sp³-hybridized carbons (Fsp3) is 0.143. The summed E-state index contributed by atoms with van der Waals surface area (Å²) in [6.07, 6.45) is 9.49. The number of carbonyl (C=O) groups is 2. The van der Waals surface area contributed by atoms with E-state index < -0.39 is 11.9 Å². The summed E-state index contributed by atoms with van der Waals surface area (Å²) in [5.41, 5.74) is 0. The van der Waals surface area contributed by atoms with Crippen molar-refractivity contribution in [1.29, 1.82) is 0 Å². The van der Waals surface area contributed by atoms with E-state index in [1.165, 1.54) is 18.2 Å². The molecule has 0 unspecified atom stereocenters. The number of hydrogen-bond donors (Lipinski definition) is 1. The van der Waals surface area contributed by atoms with Gasteiger partial charge in [-0.3, -0.25) is 9.59 Å². The van der Waals surface area contributed by atoms with Crippen LogP contribution in [0.3, 0.4) is 0 Å². The smallest absolute Gasteiger partial charge is 0.323 e. The number of ether oxygens (including phenoxy) is 2. The maximum atomic E-state index is 11.2. The fourth-order valence-corrected chi connectivity index (χ4v) is 1.18. The first-order chi connectivity index (χ1) is 9.05. The fourth-order valence-electron chi connectivity index (χ4n) is 1.18. The Balaban J connectivity index is 2.83. The number of hydrogen-bond acceptors (Lipinski definition) is 5. The van der Waals surface area contributed by atoms with Crippen LogP contribution in [0.1, 0.15) is 12.8 Å². The first-order valence-corrected chi connectivity index (χ1v) is 5.17. The Morgan fingerprint density at radius 2 is 1.42 bits per heavy atom. The van der Waals surface area contributed by atoms with Crippen LogP contribution in [0.4, 0.5) is 0 Å². The molecule has 1 aromatic rings. The van der Waals surface area contributed by atoms with E-state index in [1.54, 1.807) is 0 Å². The summed E-state index contributed by atoms with van der Waals surface area (Å²) in [5, 5.41) is 9.42. The lowest BCUT2D eigenvalue weighted by molar-refractivity contribution is -0.133. The molecule has 1 aromatic carbocycles. The molecule has 0 saturated carbocycles. The maximum absolute atomic E-state index is 11.2. The summed E-state index contributed by atoms with van der Waals surface area (Å²) < 4.78 is 9.69. The third-order valence-corrected chi connectivity index (χ3v) is 1.82. The SMILES string of the molecule is C#CCC(=O)Oc1cc(O)cc(OC(=O)CC#C)c1. The molecule has 0 spiro atoms. The van der Waals surface area contributed by atoms with Crippen LogP contribution in [0.25, 0.3) is 0 Å². The molecule has 0 fully saturated rings. The summed E-state index contributed by atoms with van der Waals surface area (Å²) in [7, 11) is 0. The van der Waals surface area contributed by atoms with E-state index in [4.69, 9.17) is 22.3 Å². The molecule has 96 valence electrons. The Bertz CT molecular complexity index is 526. The van der Waals surface area contributed by atoms with E-state index >= 15 is 0 Å². The van der Waals surface area contributed by atoms with Crippen LogP contribution in [0.2, 0.25) is 0 Å². The molecule has 0 heterocycles. The van der Waals surface area contributed by atoms with Gasteiger partial charge < -0.3 is 14.6 Å². The molecule has 0 bridgehead atoms. The molecule has 0 radical (unpaired) electrons. The minimum absolute atomic E-state index is 0.0174. The first-order valence-electron chi connectivity index (χ1n) is 5.17. The number of carbonyl (C=O) groups excluding carboxylic acids is 2. The van der Waals surface area contributed by atoms with Gasteiger partial charge in [0.25, 0.3) is 0 Å². The van der Waals surface area contributed by atoms with Crippen molar-refractivity contribution < 1.29 is 24.2 Å². The van der Waals surface area contributed by atoms with Crippen molar-refractivity contribution in [3.8, 4) is 41.9 Å². The second-order valence-electron chi connectivity index (χ2n) is 3.37. The van der Waals surface area contributed by atoms with Crippen LogP contribution in [-0.4, -0.2) is 17.0 Å². The molecule has 0 aliphatic carbocycles. The van der Waals surface area contributed by atoms with Crippen molar-refractivity contribution in [3.63, 3.8) is 0 Å². The van der Waals surface area contributed by atoms with Crippen molar-refractivity contribution in [3.05, 3.63) is 18.2 Å². The Labute approximate surface area is 110 Å². The predicted molar refractivity (Wildman–Crippen MR) is 66.3 cm³/mol. The van der Waals surface area contributed by atoms with Crippen LogP contribution in [0, 0.1) is 24.7 Å². The highest BCUT2D eigenvalue weighted by Crippen LogP contribution is 2.27. The van der Waals surface area contributed by atoms with Crippen LogP contribution in [-0.2, 0) is 9.59 Å². The molecular formula is C14H10O5. The molecule has 19 heavy (non-hydrogen) atoms. The zero-order valence-corrected chi connectivity index (χ0v) is 9.88. The zero-order chi connectivity index (χ0) is 14.3. The first kappa shape index (κ1) is 14.1. The third kappa shape index (κ3) is 4.84. The molecule has 5 heteroatoms. The summed E-state index contributed by atoms with van der Waals surface area (Å²) in [6.45, 7) is 0. The third-order valence-electron chi connectivity index (χ3n) is 1.82. The summed E-state index contributed by atoms with van der Waals surface area (Å²) in [6, 6.07) is 3.64. The Kier molecular flexibility index (Phi) is 5.01. The summed E-state index contributed by atoms with van der Waals surface area (Å²) in [5.74, 6) is 2.73. The van der Waals surface area contributed by atoms with Crippen molar-refractivity contribution >= 4 is 11.9 Å². The molecule has 0 aliphatic heterocycles. The van der Waals surface area contributed by atoms with E-state index in [9.17, 15) is 14.7 Å². The number of esters is 2. The summed E-state index contributed by atoms with van der Waals surface area (Å²) in [4.78, 5) is 22.4. The van der Waals surface area contributed by atoms with Gasteiger partial charge in [-0.1, -0.05) is 11.8 Å². The van der Waals surface area contributed by atoms with Gasteiger partial charge in [-0.05, 0) is 0 Å². The lowest BCUT2D eigenvalue weighted by Gasteiger charge is -2.07. The molecule has 0 aliphatic rings. The van der Waals surface area contributed by atoms with E-state index in [0.29, 0.717) is 0 Å². The normalized spacial score (nSPS) is 8.95. The van der Waals surface area contributed by atoms with Crippen molar-refractivity contribution in [2.75, 3.05) is 0 Å². The van der Waals surface area contributed by atoms with E-state index in [0.717, 1.165) is 0 Å². The highest BCUT2D eigenvalue weighted by Gasteiger charge is 2.09. The second kappa shape index (κ2) is 6.73. The van der Waals surface area contributed by atoms with Gasteiger partial charge in [0.1, 0.15) is 30.1 Å². The number of terminal acetylenes is 2. The maximum Gasteiger partial charge on any atom is 0.323 e. The van der Waals surface area contributed by atoms with Crippen molar-refractivity contribution in [1.82, 2.24) is 0 Å². The number of rotatable bonds is 4. The van der Waals surface area contributed by atoms with Gasteiger partial charge in [0, 0.05) is 18.2 Å². The quantitative estimate of drug-likeness (QED) is 0.500. The van der Waals surface area contributed by atoms with Crippen LogP contribution in [0.5, 0.6) is 17.2 Å².